The number of hydrogen-bond donors (Lipinski definition) is 1. The molecule has 4 heteroatoms. The minimum absolute atomic E-state index is 0.0341. The van der Waals surface area contributed by atoms with E-state index in [1.807, 2.05) is 36.8 Å². The smallest absolute Gasteiger partial charge is 0.240 e. The van der Waals surface area contributed by atoms with Crippen LogP contribution in [0.3, 0.4) is 0 Å². The number of carbonyl (C=O) groups excluding carboxylic acids is 2. The lowest BCUT2D eigenvalue weighted by molar-refractivity contribution is -0.137. The van der Waals surface area contributed by atoms with Crippen LogP contribution in [0.2, 0.25) is 0 Å². The van der Waals surface area contributed by atoms with Crippen molar-refractivity contribution in [3.8, 4) is 0 Å². The van der Waals surface area contributed by atoms with Gasteiger partial charge in [0.1, 0.15) is 6.04 Å². The second kappa shape index (κ2) is 6.36. The minimum atomic E-state index is -0.557. The van der Waals surface area contributed by atoms with Gasteiger partial charge in [0, 0.05) is 6.54 Å². The summed E-state index contributed by atoms with van der Waals surface area (Å²) in [4.78, 5) is 25.4. The van der Waals surface area contributed by atoms with Gasteiger partial charge in [0.2, 0.25) is 11.8 Å². The van der Waals surface area contributed by atoms with Gasteiger partial charge in [-0.05, 0) is 24.8 Å². The summed E-state index contributed by atoms with van der Waals surface area (Å²) in [6, 6.07) is 9.00. The lowest BCUT2D eigenvalue weighted by Crippen LogP contribution is -2.48. The zero-order chi connectivity index (χ0) is 13.7. The Morgan fingerprint density at radius 1 is 1.21 bits per heavy atom. The predicted octanol–water partition coefficient (Wildman–Crippen LogP) is 1.30. The van der Waals surface area contributed by atoms with Crippen LogP contribution >= 0.6 is 0 Å². The van der Waals surface area contributed by atoms with E-state index in [0.717, 1.165) is 24.8 Å². The highest BCUT2D eigenvalue weighted by Crippen LogP contribution is 2.17. The number of carbonyl (C=O) groups is 2. The van der Waals surface area contributed by atoms with Crippen LogP contribution in [0, 0.1) is 6.42 Å². The van der Waals surface area contributed by atoms with Crippen LogP contribution in [-0.4, -0.2) is 29.3 Å². The number of likely N-dealkylation sites (tertiary alicyclic amines) is 1. The number of nitrogens with zero attached hydrogens (tertiary/aromatic N) is 1. The molecular weight excluding hydrogens is 240 g/mol. The van der Waals surface area contributed by atoms with Crippen molar-refractivity contribution in [1.82, 2.24) is 4.90 Å². The minimum Gasteiger partial charge on any atom is -0.368 e. The lowest BCUT2D eigenvalue weighted by Gasteiger charge is -2.27. The van der Waals surface area contributed by atoms with E-state index in [2.05, 4.69) is 0 Å². The third-order valence-electron chi connectivity index (χ3n) is 3.39. The van der Waals surface area contributed by atoms with Crippen molar-refractivity contribution in [1.29, 1.82) is 0 Å². The molecule has 1 aliphatic rings. The first-order chi connectivity index (χ1) is 9.18. The van der Waals surface area contributed by atoms with E-state index < -0.39 is 11.9 Å². The Morgan fingerprint density at radius 2 is 1.95 bits per heavy atom. The number of amides is 2. The van der Waals surface area contributed by atoms with Crippen molar-refractivity contribution < 1.29 is 9.59 Å². The number of hydrogen-bond acceptors (Lipinski definition) is 2. The number of primary amides is 1. The zero-order valence-electron chi connectivity index (χ0n) is 10.9. The Kier molecular flexibility index (Phi) is 4.55. The Hall–Kier alpha value is -1.84. The van der Waals surface area contributed by atoms with Crippen molar-refractivity contribution in [2.24, 2.45) is 5.73 Å². The SMILES string of the molecule is NC(=O)C1[CH]CCCCN1C(=O)Cc1ccccc1. The van der Waals surface area contributed by atoms with Crippen LogP contribution in [0.1, 0.15) is 24.8 Å². The van der Waals surface area contributed by atoms with Crippen LogP contribution < -0.4 is 5.73 Å². The maximum atomic E-state index is 12.3. The zero-order valence-corrected chi connectivity index (χ0v) is 10.9. The summed E-state index contributed by atoms with van der Waals surface area (Å²) >= 11 is 0. The molecule has 2 rings (SSSR count). The Morgan fingerprint density at radius 3 is 2.63 bits per heavy atom. The van der Waals surface area contributed by atoms with Gasteiger partial charge in [0.05, 0.1) is 6.42 Å². The van der Waals surface area contributed by atoms with Gasteiger partial charge in [0.25, 0.3) is 0 Å². The van der Waals surface area contributed by atoms with Gasteiger partial charge in [-0.25, -0.2) is 0 Å². The maximum absolute atomic E-state index is 12.3. The molecule has 4 nitrogen and oxygen atoms in total. The molecule has 1 aliphatic heterocycles. The van der Waals surface area contributed by atoms with Gasteiger partial charge in [-0.15, -0.1) is 0 Å². The fraction of sp³-hybridized carbons (Fsp3) is 0.400. The van der Waals surface area contributed by atoms with E-state index in [1.54, 1.807) is 4.90 Å². The van der Waals surface area contributed by atoms with Gasteiger partial charge < -0.3 is 10.6 Å². The van der Waals surface area contributed by atoms with E-state index in [1.165, 1.54) is 0 Å². The summed E-state index contributed by atoms with van der Waals surface area (Å²) in [6.45, 7) is 0.607. The normalized spacial score (nSPS) is 19.8. The van der Waals surface area contributed by atoms with E-state index in [9.17, 15) is 9.59 Å². The molecule has 1 heterocycles. The molecule has 19 heavy (non-hydrogen) atoms. The highest BCUT2D eigenvalue weighted by Gasteiger charge is 2.29. The predicted molar refractivity (Wildman–Crippen MR) is 73.0 cm³/mol. The molecule has 1 aromatic rings. The molecule has 0 spiro atoms. The largest absolute Gasteiger partial charge is 0.368 e. The molecular formula is C15H19N2O2. The number of nitrogens with two attached hydrogens (primary N) is 1. The van der Waals surface area contributed by atoms with Gasteiger partial charge in [-0.1, -0.05) is 36.8 Å². The molecule has 0 saturated carbocycles. The third-order valence-corrected chi connectivity index (χ3v) is 3.39. The van der Waals surface area contributed by atoms with Gasteiger partial charge >= 0.3 is 0 Å². The second-order valence-corrected chi connectivity index (χ2v) is 4.83. The molecule has 0 aromatic heterocycles. The fourth-order valence-electron chi connectivity index (χ4n) is 2.39. The van der Waals surface area contributed by atoms with E-state index in [-0.39, 0.29) is 5.91 Å². The highest BCUT2D eigenvalue weighted by atomic mass is 16.2. The Bertz CT molecular complexity index is 445. The molecule has 1 saturated heterocycles. The molecule has 0 bridgehead atoms. The summed E-state index contributed by atoms with van der Waals surface area (Å²) in [5.74, 6) is -0.475. The van der Waals surface area contributed by atoms with E-state index >= 15 is 0 Å². The van der Waals surface area contributed by atoms with Gasteiger partial charge in [-0.2, -0.15) is 0 Å². The van der Waals surface area contributed by atoms with Crippen LogP contribution in [0.5, 0.6) is 0 Å². The average Bonchev–Trinajstić information content (AvgIpc) is 2.65. The third kappa shape index (κ3) is 3.56. The summed E-state index contributed by atoms with van der Waals surface area (Å²) in [5.41, 5.74) is 6.35. The number of benzene rings is 1. The first-order valence-corrected chi connectivity index (χ1v) is 6.64. The van der Waals surface area contributed by atoms with Crippen LogP contribution in [0.4, 0.5) is 0 Å². The molecule has 2 N–H and O–H groups in total. The molecule has 1 radical (unpaired) electrons. The molecule has 1 aromatic carbocycles. The standard InChI is InChI=1S/C15H19N2O2/c16-15(19)13-9-5-2-6-10-17(13)14(18)11-12-7-3-1-4-8-12/h1,3-4,7-9,13H,2,5-6,10-11H2,(H2,16,19). The fourth-order valence-corrected chi connectivity index (χ4v) is 2.39. The summed E-state index contributed by atoms with van der Waals surface area (Å²) in [7, 11) is 0. The molecule has 1 fully saturated rings. The van der Waals surface area contributed by atoms with Crippen LogP contribution in [0.15, 0.2) is 30.3 Å². The molecule has 1 atom stereocenters. The highest BCUT2D eigenvalue weighted by molar-refractivity contribution is 5.88. The lowest BCUT2D eigenvalue weighted by atomic mass is 10.1. The second-order valence-electron chi connectivity index (χ2n) is 4.83. The first-order valence-electron chi connectivity index (χ1n) is 6.64. The summed E-state index contributed by atoms with van der Waals surface area (Å²) in [6.07, 6.45) is 4.93. The molecule has 0 aliphatic carbocycles. The van der Waals surface area contributed by atoms with Crippen molar-refractivity contribution in [2.75, 3.05) is 6.54 Å². The monoisotopic (exact) mass is 259 g/mol. The maximum Gasteiger partial charge on any atom is 0.240 e. The van der Waals surface area contributed by atoms with Gasteiger partial charge in [0.15, 0.2) is 0 Å². The van der Waals surface area contributed by atoms with Gasteiger partial charge in [-0.3, -0.25) is 9.59 Å². The molecule has 101 valence electrons. The van der Waals surface area contributed by atoms with E-state index in [4.69, 9.17) is 5.73 Å². The first kappa shape index (κ1) is 13.6. The van der Waals surface area contributed by atoms with Crippen LogP contribution in [-0.2, 0) is 16.0 Å². The van der Waals surface area contributed by atoms with Crippen molar-refractivity contribution >= 4 is 11.8 Å². The van der Waals surface area contributed by atoms with Crippen molar-refractivity contribution in [2.45, 2.75) is 31.7 Å². The quantitative estimate of drug-likeness (QED) is 0.889. The van der Waals surface area contributed by atoms with Crippen LogP contribution in [0.25, 0.3) is 0 Å². The Balaban J connectivity index is 2.08. The summed E-state index contributed by atoms with van der Waals surface area (Å²) < 4.78 is 0. The number of rotatable bonds is 3. The van der Waals surface area contributed by atoms with Crippen molar-refractivity contribution in [3.05, 3.63) is 42.3 Å². The Labute approximate surface area is 113 Å². The molecule has 1 unspecified atom stereocenters. The van der Waals surface area contributed by atoms with E-state index in [0.29, 0.717) is 13.0 Å². The average molecular weight is 259 g/mol. The summed E-state index contributed by atoms with van der Waals surface area (Å²) in [5, 5.41) is 0. The van der Waals surface area contributed by atoms with Crippen molar-refractivity contribution in [3.63, 3.8) is 0 Å². The topological polar surface area (TPSA) is 63.4 Å². The molecule has 2 amide bonds.